The van der Waals surface area contributed by atoms with Crippen LogP contribution < -0.4 is 4.31 Å². The fourth-order valence-corrected chi connectivity index (χ4v) is 9.08. The summed E-state index contributed by atoms with van der Waals surface area (Å²) in [5.41, 5.74) is 3.53. The van der Waals surface area contributed by atoms with Gasteiger partial charge in [-0.2, -0.15) is 0 Å². The van der Waals surface area contributed by atoms with Gasteiger partial charge in [0.15, 0.2) is 0 Å². The molecule has 0 saturated carbocycles. The molecule has 5 rings (SSSR count). The van der Waals surface area contributed by atoms with Gasteiger partial charge in [0.25, 0.3) is 10.0 Å². The molecule has 0 spiro atoms. The van der Waals surface area contributed by atoms with E-state index in [1.807, 2.05) is 26.0 Å². The molecule has 8 heteroatoms. The largest absolute Gasteiger partial charge is 0.465 e. The van der Waals surface area contributed by atoms with Crippen molar-refractivity contribution < 1.29 is 17.9 Å². The van der Waals surface area contributed by atoms with Crippen molar-refractivity contribution in [2.75, 3.05) is 24.0 Å². The lowest BCUT2D eigenvalue weighted by Gasteiger charge is -2.39. The Morgan fingerprint density at radius 1 is 1.15 bits per heavy atom. The Morgan fingerprint density at radius 2 is 1.88 bits per heavy atom. The molecule has 2 aliphatic heterocycles. The molecule has 0 amide bonds. The molecule has 1 aliphatic carbocycles. The maximum atomic E-state index is 13.9. The van der Waals surface area contributed by atoms with Crippen molar-refractivity contribution in [2.45, 2.75) is 69.9 Å². The number of carbonyl (C=O) groups is 1. The lowest BCUT2D eigenvalue weighted by Crippen LogP contribution is -2.43. The van der Waals surface area contributed by atoms with Crippen LogP contribution in [-0.2, 0) is 32.4 Å². The van der Waals surface area contributed by atoms with Gasteiger partial charge in [0, 0.05) is 23.0 Å². The van der Waals surface area contributed by atoms with Crippen LogP contribution in [0.25, 0.3) is 0 Å². The summed E-state index contributed by atoms with van der Waals surface area (Å²) in [6.07, 6.45) is 4.90. The molecule has 1 fully saturated rings. The molecule has 3 heterocycles. The lowest BCUT2D eigenvalue weighted by molar-refractivity contribution is -0.148. The van der Waals surface area contributed by atoms with Gasteiger partial charge in [-0.1, -0.05) is 24.6 Å². The lowest BCUT2D eigenvalue weighted by atomic mass is 9.85. The normalized spacial score (nSPS) is 24.8. The zero-order valence-corrected chi connectivity index (χ0v) is 21.2. The number of esters is 1. The number of rotatable bonds is 5. The van der Waals surface area contributed by atoms with Gasteiger partial charge in [0.2, 0.25) is 0 Å². The number of thiophene rings is 1. The Labute approximate surface area is 200 Å². The van der Waals surface area contributed by atoms with Crippen molar-refractivity contribution in [3.63, 3.8) is 0 Å². The molecule has 6 nitrogen and oxygen atoms in total. The van der Waals surface area contributed by atoms with E-state index in [4.69, 9.17) is 4.74 Å². The van der Waals surface area contributed by atoms with Crippen LogP contribution in [-0.4, -0.2) is 45.0 Å². The molecule has 1 aromatic heterocycles. The first-order valence-corrected chi connectivity index (χ1v) is 14.3. The van der Waals surface area contributed by atoms with Gasteiger partial charge in [-0.05, 0) is 76.1 Å². The number of likely N-dealkylation sites (N-methyl/N-ethyl adjacent to an activating group) is 1. The van der Waals surface area contributed by atoms with E-state index in [1.54, 1.807) is 27.8 Å². The van der Waals surface area contributed by atoms with E-state index in [1.165, 1.54) is 10.4 Å². The predicted molar refractivity (Wildman–Crippen MR) is 130 cm³/mol. The average Bonchev–Trinajstić information content (AvgIpc) is 3.37. The Morgan fingerprint density at radius 3 is 2.58 bits per heavy atom. The quantitative estimate of drug-likeness (QED) is 0.582. The third kappa shape index (κ3) is 3.70. The first kappa shape index (κ1) is 22.9. The zero-order chi connectivity index (χ0) is 23.3. The van der Waals surface area contributed by atoms with Gasteiger partial charge >= 0.3 is 5.97 Å². The van der Waals surface area contributed by atoms with E-state index in [0.29, 0.717) is 24.5 Å². The van der Waals surface area contributed by atoms with E-state index >= 15 is 0 Å². The number of hydrogen-bond acceptors (Lipinski definition) is 6. The van der Waals surface area contributed by atoms with Crippen LogP contribution in [0.2, 0.25) is 0 Å². The molecule has 178 valence electrons. The molecular weight excluding hydrogens is 456 g/mol. The van der Waals surface area contributed by atoms with Crippen molar-refractivity contribution in [1.82, 2.24) is 4.90 Å². The minimum absolute atomic E-state index is 0.0627. The van der Waals surface area contributed by atoms with Crippen LogP contribution in [0, 0.1) is 12.8 Å². The van der Waals surface area contributed by atoms with Gasteiger partial charge in [0.1, 0.15) is 11.0 Å². The van der Waals surface area contributed by atoms with Crippen molar-refractivity contribution in [3.8, 4) is 0 Å². The molecule has 0 bridgehead atoms. The number of fused-ring (bicyclic) bond motifs is 5. The summed E-state index contributed by atoms with van der Waals surface area (Å²) >= 11 is 1.66. The monoisotopic (exact) mass is 488 g/mol. The Balaban J connectivity index is 1.63. The van der Waals surface area contributed by atoms with Crippen LogP contribution in [0.5, 0.6) is 0 Å². The number of sulfonamides is 1. The van der Waals surface area contributed by atoms with Crippen molar-refractivity contribution >= 4 is 32.3 Å². The molecule has 33 heavy (non-hydrogen) atoms. The third-order valence-electron chi connectivity index (χ3n) is 7.38. The molecule has 0 radical (unpaired) electrons. The number of anilines is 1. The maximum Gasteiger partial charge on any atom is 0.323 e. The van der Waals surface area contributed by atoms with Gasteiger partial charge in [-0.25, -0.2) is 8.42 Å². The zero-order valence-electron chi connectivity index (χ0n) is 19.5. The smallest absolute Gasteiger partial charge is 0.323 e. The Hall–Kier alpha value is -1.90. The summed E-state index contributed by atoms with van der Waals surface area (Å²) in [6, 6.07) is 6.87. The highest BCUT2D eigenvalue weighted by Gasteiger charge is 2.52. The van der Waals surface area contributed by atoms with Gasteiger partial charge in [-0.15, -0.1) is 11.3 Å². The summed E-state index contributed by atoms with van der Waals surface area (Å²) in [5.74, 6) is -0.125. The van der Waals surface area contributed by atoms with Gasteiger partial charge in [0.05, 0.1) is 11.5 Å². The van der Waals surface area contributed by atoms with E-state index in [0.717, 1.165) is 48.4 Å². The number of carbonyl (C=O) groups excluding carboxylic acids is 1. The molecule has 0 N–H and O–H groups in total. The van der Waals surface area contributed by atoms with E-state index in [-0.39, 0.29) is 24.0 Å². The van der Waals surface area contributed by atoms with Crippen LogP contribution in [0.4, 0.5) is 5.00 Å². The van der Waals surface area contributed by atoms with Crippen LogP contribution in [0.15, 0.2) is 29.2 Å². The summed E-state index contributed by atoms with van der Waals surface area (Å²) < 4.78 is 34.8. The molecule has 1 aromatic carbocycles. The minimum atomic E-state index is -3.69. The number of ether oxygens (including phenoxy) is 1. The fourth-order valence-electron chi connectivity index (χ4n) is 5.89. The van der Waals surface area contributed by atoms with Crippen LogP contribution in [0.3, 0.4) is 0 Å². The topological polar surface area (TPSA) is 66.9 Å². The molecule has 0 unspecified atom stereocenters. The number of nitrogens with zero attached hydrogens (tertiary/aromatic N) is 2. The maximum absolute atomic E-state index is 13.9. The first-order valence-electron chi connectivity index (χ1n) is 12.0. The summed E-state index contributed by atoms with van der Waals surface area (Å²) in [7, 11) is -3.69. The molecular formula is C25H32N2O4S2. The number of aryl methyl sites for hydroxylation is 2. The minimum Gasteiger partial charge on any atom is -0.465 e. The van der Waals surface area contributed by atoms with Crippen molar-refractivity contribution in [1.29, 1.82) is 0 Å². The van der Waals surface area contributed by atoms with Crippen molar-refractivity contribution in [3.05, 3.63) is 45.8 Å². The van der Waals surface area contributed by atoms with Crippen LogP contribution in [0.1, 0.15) is 60.7 Å². The molecule has 2 aromatic rings. The Kier molecular flexibility index (Phi) is 6.04. The van der Waals surface area contributed by atoms with Gasteiger partial charge in [-0.3, -0.25) is 14.0 Å². The highest BCUT2D eigenvalue weighted by Crippen LogP contribution is 2.55. The molecule has 3 aliphatic rings. The first-order chi connectivity index (χ1) is 15.9. The predicted octanol–water partition coefficient (Wildman–Crippen LogP) is 4.46. The number of hydrogen-bond donors (Lipinski definition) is 0. The number of benzene rings is 1. The average molecular weight is 489 g/mol. The summed E-state index contributed by atoms with van der Waals surface area (Å²) in [5, 5.41) is 0.867. The highest BCUT2D eigenvalue weighted by atomic mass is 32.2. The van der Waals surface area contributed by atoms with Crippen molar-refractivity contribution in [2.24, 2.45) is 5.92 Å². The van der Waals surface area contributed by atoms with E-state index in [2.05, 4.69) is 11.8 Å². The standard InChI is InChI=1S/C25H32N2O4S2/c1-4-26-20(25(28)31-5-2)14-17-15-27(33(29,30)18-12-10-16(3)11-13-18)24-22(23(17)26)19-8-6-7-9-21(19)32-24/h10-13,17,20,23H,4-9,14-15H2,1-3H3/t17-,20-,23-/m1/s1. The Bertz CT molecular complexity index is 1160. The van der Waals surface area contributed by atoms with Gasteiger partial charge < -0.3 is 4.74 Å². The molecule has 3 atom stereocenters. The van der Waals surface area contributed by atoms with Crippen LogP contribution >= 0.6 is 11.3 Å². The molecule has 1 saturated heterocycles. The third-order valence-corrected chi connectivity index (χ3v) is 10.6. The van der Waals surface area contributed by atoms with E-state index in [9.17, 15) is 13.2 Å². The highest BCUT2D eigenvalue weighted by molar-refractivity contribution is 7.93. The summed E-state index contributed by atoms with van der Waals surface area (Å²) in [4.78, 5) is 16.8. The number of likely N-dealkylation sites (tertiary alicyclic amines) is 1. The summed E-state index contributed by atoms with van der Waals surface area (Å²) in [6.45, 7) is 7.37. The second-order valence-electron chi connectivity index (χ2n) is 9.32. The second-order valence-corrected chi connectivity index (χ2v) is 12.3. The fraction of sp³-hybridized carbons (Fsp3) is 0.560. The van der Waals surface area contributed by atoms with E-state index < -0.39 is 10.0 Å². The SMILES string of the molecule is CCOC(=O)[C@H]1C[C@@H]2CN(S(=O)(=O)c3ccc(C)cc3)c3sc4c(c3[C@@H]2N1CC)CCCC4. The second kappa shape index (κ2) is 8.71.